The minimum atomic E-state index is 0.298. The predicted octanol–water partition coefficient (Wildman–Crippen LogP) is 3.59. The predicted molar refractivity (Wildman–Crippen MR) is 61.2 cm³/mol. The van der Waals surface area contributed by atoms with E-state index in [1.165, 1.54) is 12.6 Å². The van der Waals surface area contributed by atoms with Crippen molar-refractivity contribution >= 4 is 16.5 Å². The van der Waals surface area contributed by atoms with Gasteiger partial charge in [-0.3, -0.25) is 0 Å². The van der Waals surface area contributed by atoms with Gasteiger partial charge in [-0.2, -0.15) is 0 Å². The molecule has 0 aliphatic carbocycles. The maximum absolute atomic E-state index is 2.47. The van der Waals surface area contributed by atoms with Crippen LogP contribution in [0.25, 0.3) is 0 Å². The minimum absolute atomic E-state index is 0.298. The van der Waals surface area contributed by atoms with Gasteiger partial charge in [0, 0.05) is 0 Å². The Balaban J connectivity index is 3.70. The normalized spacial score (nSPS) is 20.5. The van der Waals surface area contributed by atoms with Crippen molar-refractivity contribution in [3.63, 3.8) is 0 Å². The Kier molecular flexibility index (Phi) is 6.88. The van der Waals surface area contributed by atoms with Crippen LogP contribution >= 0.6 is 16.5 Å². The molecule has 3 unspecified atom stereocenters. The molecule has 0 rings (SSSR count). The summed E-state index contributed by atoms with van der Waals surface area (Å²) in [7, 11) is 1.44. The van der Waals surface area contributed by atoms with Crippen molar-refractivity contribution < 1.29 is 0 Å². The molecule has 2 heteroatoms. The van der Waals surface area contributed by atoms with Gasteiger partial charge in [-0.15, -0.1) is 16.5 Å². The van der Waals surface area contributed by atoms with Crippen LogP contribution in [0.3, 0.4) is 0 Å². The van der Waals surface area contributed by atoms with Crippen LogP contribution in [0.2, 0.25) is 0 Å². The van der Waals surface area contributed by atoms with Gasteiger partial charge in [0.25, 0.3) is 0 Å². The van der Waals surface area contributed by atoms with Crippen LogP contribution in [-0.4, -0.2) is 30.8 Å². The lowest BCUT2D eigenvalue weighted by Gasteiger charge is -2.25. The summed E-state index contributed by atoms with van der Waals surface area (Å²) in [6.45, 7) is 11.9. The Bertz CT molecular complexity index is 93.6. The summed E-state index contributed by atoms with van der Waals surface area (Å²) in [4.78, 5) is 0. The highest BCUT2D eigenvalue weighted by Gasteiger charge is 2.15. The van der Waals surface area contributed by atoms with Gasteiger partial charge in [0.1, 0.15) is 0 Å². The zero-order chi connectivity index (χ0) is 8.85. The number of hydrogen-bond donors (Lipinski definition) is 0. The second kappa shape index (κ2) is 6.38. The Hall–Kier alpha value is 0.860. The molecule has 0 spiro atoms. The van der Waals surface area contributed by atoms with Crippen molar-refractivity contribution in [3.05, 3.63) is 0 Å². The first-order valence-electron chi connectivity index (χ1n) is 4.50. The first-order valence-corrected chi connectivity index (χ1v) is 8.13. The standard InChI is InChI=1S/C9H22P2/c1-6-8(2)11(5)9(3)7-10-4/h8-10H,6-7H2,1-5H3/t8?,9-,11?/m1/s1. The first-order chi connectivity index (χ1) is 5.13. The van der Waals surface area contributed by atoms with Crippen molar-refractivity contribution in [2.45, 2.75) is 38.5 Å². The molecule has 0 aliphatic heterocycles. The van der Waals surface area contributed by atoms with Crippen LogP contribution in [0, 0.1) is 0 Å². The average Bonchev–Trinajstić information content (AvgIpc) is 2.02. The van der Waals surface area contributed by atoms with E-state index in [0.717, 1.165) is 19.9 Å². The van der Waals surface area contributed by atoms with E-state index in [2.05, 4.69) is 34.1 Å². The maximum atomic E-state index is 2.47. The molecule has 0 radical (unpaired) electrons. The fourth-order valence-corrected chi connectivity index (χ4v) is 4.90. The molecule has 0 saturated carbocycles. The third kappa shape index (κ3) is 4.44. The third-order valence-electron chi connectivity index (χ3n) is 2.48. The Labute approximate surface area is 75.1 Å². The molecule has 0 aromatic carbocycles. The summed E-state index contributed by atoms with van der Waals surface area (Å²) < 4.78 is 0. The largest absolute Gasteiger partial charge is 0.125 e. The van der Waals surface area contributed by atoms with E-state index in [0.29, 0.717) is 7.92 Å². The third-order valence-corrected chi connectivity index (χ3v) is 7.17. The lowest BCUT2D eigenvalue weighted by atomic mass is 10.4. The Morgan fingerprint density at radius 1 is 1.27 bits per heavy atom. The highest BCUT2D eigenvalue weighted by molar-refractivity contribution is 7.59. The zero-order valence-corrected chi connectivity index (χ0v) is 10.4. The van der Waals surface area contributed by atoms with E-state index in [1.54, 1.807) is 0 Å². The van der Waals surface area contributed by atoms with Crippen molar-refractivity contribution in [2.24, 2.45) is 0 Å². The highest BCUT2D eigenvalue weighted by Crippen LogP contribution is 2.45. The van der Waals surface area contributed by atoms with E-state index in [-0.39, 0.29) is 0 Å². The van der Waals surface area contributed by atoms with Crippen LogP contribution in [0.15, 0.2) is 0 Å². The van der Waals surface area contributed by atoms with Gasteiger partial charge in [0.05, 0.1) is 0 Å². The molecule has 0 heterocycles. The monoisotopic (exact) mass is 192 g/mol. The maximum Gasteiger partial charge on any atom is -0.0201 e. The summed E-state index contributed by atoms with van der Waals surface area (Å²) in [6.07, 6.45) is 2.81. The van der Waals surface area contributed by atoms with Gasteiger partial charge in [-0.1, -0.05) is 20.8 Å². The van der Waals surface area contributed by atoms with E-state index >= 15 is 0 Å². The van der Waals surface area contributed by atoms with Crippen LogP contribution in [0.1, 0.15) is 27.2 Å². The molecule has 0 nitrogen and oxygen atoms in total. The average molecular weight is 192 g/mol. The van der Waals surface area contributed by atoms with E-state index in [9.17, 15) is 0 Å². The van der Waals surface area contributed by atoms with E-state index in [4.69, 9.17) is 0 Å². The van der Waals surface area contributed by atoms with Crippen LogP contribution in [0.5, 0.6) is 0 Å². The van der Waals surface area contributed by atoms with Crippen molar-refractivity contribution in [1.29, 1.82) is 0 Å². The second-order valence-electron chi connectivity index (χ2n) is 3.33. The topological polar surface area (TPSA) is 0 Å². The molecule has 4 atom stereocenters. The molecule has 0 amide bonds. The van der Waals surface area contributed by atoms with Gasteiger partial charge in [-0.25, -0.2) is 0 Å². The van der Waals surface area contributed by atoms with Gasteiger partial charge >= 0.3 is 0 Å². The number of rotatable bonds is 5. The molecular formula is C9H22P2. The second-order valence-corrected chi connectivity index (χ2v) is 7.54. The molecule has 0 N–H and O–H groups in total. The minimum Gasteiger partial charge on any atom is -0.125 e. The molecule has 0 aliphatic rings. The molecular weight excluding hydrogens is 170 g/mol. The first kappa shape index (κ1) is 11.9. The summed E-state index contributed by atoms with van der Waals surface area (Å²) >= 11 is 0. The summed E-state index contributed by atoms with van der Waals surface area (Å²) in [5, 5.41) is 0. The fourth-order valence-electron chi connectivity index (χ4n) is 1.16. The molecule has 0 aromatic heterocycles. The number of hydrogen-bond acceptors (Lipinski definition) is 0. The lowest BCUT2D eigenvalue weighted by molar-refractivity contribution is 0.877. The molecule has 0 bridgehead atoms. The van der Waals surface area contributed by atoms with Gasteiger partial charge in [0.2, 0.25) is 0 Å². The van der Waals surface area contributed by atoms with E-state index < -0.39 is 0 Å². The smallest absolute Gasteiger partial charge is 0.0201 e. The summed E-state index contributed by atoms with van der Waals surface area (Å²) in [6, 6.07) is 0. The van der Waals surface area contributed by atoms with Gasteiger partial charge < -0.3 is 0 Å². The molecule has 11 heavy (non-hydrogen) atoms. The van der Waals surface area contributed by atoms with Gasteiger partial charge in [0.15, 0.2) is 0 Å². The van der Waals surface area contributed by atoms with Crippen LogP contribution < -0.4 is 0 Å². The Morgan fingerprint density at radius 3 is 2.18 bits per heavy atom. The quantitative estimate of drug-likeness (QED) is 0.584. The summed E-state index contributed by atoms with van der Waals surface area (Å²) in [5.41, 5.74) is 1.96. The van der Waals surface area contributed by atoms with Crippen molar-refractivity contribution in [3.8, 4) is 0 Å². The molecule has 0 saturated heterocycles. The summed E-state index contributed by atoms with van der Waals surface area (Å²) in [5.74, 6) is 0. The van der Waals surface area contributed by atoms with Crippen molar-refractivity contribution in [2.75, 3.05) is 19.5 Å². The molecule has 0 aromatic rings. The van der Waals surface area contributed by atoms with Crippen molar-refractivity contribution in [1.82, 2.24) is 0 Å². The van der Waals surface area contributed by atoms with Crippen LogP contribution in [0.4, 0.5) is 0 Å². The molecule has 68 valence electrons. The lowest BCUT2D eigenvalue weighted by Crippen LogP contribution is -2.09. The van der Waals surface area contributed by atoms with Gasteiger partial charge in [-0.05, 0) is 37.2 Å². The Morgan fingerprint density at radius 2 is 1.82 bits per heavy atom. The highest BCUT2D eigenvalue weighted by atomic mass is 31.1. The SMILES string of the molecule is CCC(C)P(C)[C@H](C)CPC. The van der Waals surface area contributed by atoms with E-state index in [1.807, 2.05) is 0 Å². The van der Waals surface area contributed by atoms with Crippen LogP contribution in [-0.2, 0) is 0 Å². The zero-order valence-electron chi connectivity index (χ0n) is 8.52. The molecule has 0 fully saturated rings. The fraction of sp³-hybridized carbons (Fsp3) is 1.00.